The minimum Gasteiger partial charge on any atom is -0.497 e. The second-order valence-electron chi connectivity index (χ2n) is 8.15. The summed E-state index contributed by atoms with van der Waals surface area (Å²) in [4.78, 5) is 42.8. The van der Waals surface area contributed by atoms with Gasteiger partial charge >= 0.3 is 5.63 Å². The number of aryl methyl sites for hydroxylation is 1. The number of nitrogens with zero attached hydrogens (tertiary/aromatic N) is 3. The average molecular weight is 430 g/mol. The number of benzene rings is 1. The van der Waals surface area contributed by atoms with E-state index in [0.29, 0.717) is 49.5 Å². The summed E-state index contributed by atoms with van der Waals surface area (Å²) in [5.74, 6) is 0.714. The van der Waals surface area contributed by atoms with E-state index in [2.05, 4.69) is 4.90 Å². The second kappa shape index (κ2) is 9.96. The number of carbonyl (C=O) groups excluding carboxylic acids is 2. The molecule has 0 bridgehead atoms. The number of ether oxygens (including phenoxy) is 1. The van der Waals surface area contributed by atoms with Crippen LogP contribution in [0.4, 0.5) is 0 Å². The summed E-state index contributed by atoms with van der Waals surface area (Å²) in [6.07, 6.45) is 1.42. The molecule has 0 spiro atoms. The van der Waals surface area contributed by atoms with Crippen molar-refractivity contribution in [3.8, 4) is 5.75 Å². The Hall–Kier alpha value is -2.87. The monoisotopic (exact) mass is 429 g/mol. The van der Waals surface area contributed by atoms with Crippen LogP contribution in [0.3, 0.4) is 0 Å². The molecule has 1 aliphatic heterocycles. The summed E-state index contributed by atoms with van der Waals surface area (Å²) < 4.78 is 10.7. The highest BCUT2D eigenvalue weighted by Gasteiger charge is 2.22. The van der Waals surface area contributed by atoms with Gasteiger partial charge in [-0.05, 0) is 37.5 Å². The molecular weight excluding hydrogens is 398 g/mol. The molecule has 1 saturated heterocycles. The smallest absolute Gasteiger partial charge is 0.339 e. The molecule has 168 valence electrons. The van der Waals surface area contributed by atoms with Crippen LogP contribution in [0, 0.1) is 6.92 Å². The molecule has 1 aliphatic rings. The molecule has 2 amide bonds. The number of carbonyl (C=O) groups is 2. The third kappa shape index (κ3) is 5.44. The van der Waals surface area contributed by atoms with Gasteiger partial charge in [0.15, 0.2) is 0 Å². The Balaban J connectivity index is 1.63. The maximum Gasteiger partial charge on any atom is 0.339 e. The minimum absolute atomic E-state index is 0.0226. The molecule has 1 fully saturated rings. The van der Waals surface area contributed by atoms with E-state index in [1.807, 2.05) is 24.0 Å². The summed E-state index contributed by atoms with van der Waals surface area (Å²) in [6.45, 7) is 4.97. The molecule has 3 rings (SSSR count). The highest BCUT2D eigenvalue weighted by Crippen LogP contribution is 2.24. The Morgan fingerprint density at radius 3 is 2.65 bits per heavy atom. The van der Waals surface area contributed by atoms with Crippen LogP contribution >= 0.6 is 0 Å². The van der Waals surface area contributed by atoms with Crippen molar-refractivity contribution in [3.05, 3.63) is 39.7 Å². The molecule has 0 radical (unpaired) electrons. The zero-order chi connectivity index (χ0) is 22.5. The van der Waals surface area contributed by atoms with Crippen molar-refractivity contribution in [2.45, 2.75) is 26.2 Å². The first-order chi connectivity index (χ1) is 14.8. The number of hydrogen-bond acceptors (Lipinski definition) is 6. The van der Waals surface area contributed by atoms with E-state index in [1.54, 1.807) is 32.2 Å². The predicted molar refractivity (Wildman–Crippen MR) is 118 cm³/mol. The van der Waals surface area contributed by atoms with E-state index in [9.17, 15) is 14.4 Å². The van der Waals surface area contributed by atoms with Gasteiger partial charge in [-0.25, -0.2) is 4.79 Å². The second-order valence-corrected chi connectivity index (χ2v) is 8.15. The van der Waals surface area contributed by atoms with Gasteiger partial charge in [-0.2, -0.15) is 0 Å². The maximum atomic E-state index is 12.8. The highest BCUT2D eigenvalue weighted by molar-refractivity contribution is 5.83. The Kier molecular flexibility index (Phi) is 7.33. The van der Waals surface area contributed by atoms with Crippen molar-refractivity contribution in [3.63, 3.8) is 0 Å². The molecule has 0 saturated carbocycles. The lowest BCUT2D eigenvalue weighted by Crippen LogP contribution is -2.39. The number of hydrogen-bond donors (Lipinski definition) is 0. The first kappa shape index (κ1) is 22.8. The van der Waals surface area contributed by atoms with Crippen LogP contribution in [-0.4, -0.2) is 80.4 Å². The topological polar surface area (TPSA) is 83.3 Å². The summed E-state index contributed by atoms with van der Waals surface area (Å²) in [5.41, 5.74) is 1.46. The van der Waals surface area contributed by atoms with Crippen LogP contribution in [-0.2, 0) is 16.0 Å². The first-order valence-corrected chi connectivity index (χ1v) is 10.6. The largest absolute Gasteiger partial charge is 0.497 e. The lowest BCUT2D eigenvalue weighted by atomic mass is 10.0. The summed E-state index contributed by atoms with van der Waals surface area (Å²) in [5, 5.41) is 0.846. The molecule has 8 heteroatoms. The van der Waals surface area contributed by atoms with Gasteiger partial charge in [0.25, 0.3) is 0 Å². The van der Waals surface area contributed by atoms with Gasteiger partial charge in [0.05, 0.1) is 13.7 Å². The standard InChI is InChI=1S/C23H31N3O5/c1-16-18-7-6-17(30-4)14-20(18)31-23(29)19(16)8-9-21(27)26-11-5-10-25(12-13-26)15-22(28)24(2)3/h6-7,14H,5,8-13,15H2,1-4H3. The van der Waals surface area contributed by atoms with Crippen molar-refractivity contribution in [1.29, 1.82) is 0 Å². The Bertz CT molecular complexity index is 1010. The van der Waals surface area contributed by atoms with Gasteiger partial charge in [0.1, 0.15) is 11.3 Å². The van der Waals surface area contributed by atoms with Crippen LogP contribution < -0.4 is 10.4 Å². The van der Waals surface area contributed by atoms with Gasteiger partial charge in [0, 0.05) is 63.7 Å². The molecule has 2 aromatic rings. The molecule has 0 N–H and O–H groups in total. The molecule has 1 aromatic heterocycles. The van der Waals surface area contributed by atoms with Gasteiger partial charge in [0.2, 0.25) is 11.8 Å². The van der Waals surface area contributed by atoms with E-state index in [-0.39, 0.29) is 18.2 Å². The van der Waals surface area contributed by atoms with E-state index in [0.717, 1.165) is 23.9 Å². The molecule has 0 unspecified atom stereocenters. The third-order valence-electron chi connectivity index (χ3n) is 5.88. The van der Waals surface area contributed by atoms with Crippen molar-refractivity contribution >= 4 is 22.8 Å². The van der Waals surface area contributed by atoms with Gasteiger partial charge in [-0.1, -0.05) is 0 Å². The lowest BCUT2D eigenvalue weighted by Gasteiger charge is -2.23. The zero-order valence-electron chi connectivity index (χ0n) is 18.8. The number of amides is 2. The summed E-state index contributed by atoms with van der Waals surface area (Å²) in [6, 6.07) is 5.40. The van der Waals surface area contributed by atoms with Crippen LogP contribution in [0.1, 0.15) is 24.0 Å². The molecular formula is C23H31N3O5. The number of likely N-dealkylation sites (N-methyl/N-ethyl adjacent to an activating group) is 1. The molecule has 31 heavy (non-hydrogen) atoms. The van der Waals surface area contributed by atoms with Crippen LogP contribution in [0.2, 0.25) is 0 Å². The van der Waals surface area contributed by atoms with E-state index >= 15 is 0 Å². The predicted octanol–water partition coefficient (Wildman–Crippen LogP) is 1.67. The van der Waals surface area contributed by atoms with Gasteiger partial charge in [-0.3, -0.25) is 14.5 Å². The first-order valence-electron chi connectivity index (χ1n) is 10.6. The third-order valence-corrected chi connectivity index (χ3v) is 5.88. The molecule has 0 aliphatic carbocycles. The van der Waals surface area contributed by atoms with E-state index < -0.39 is 5.63 Å². The van der Waals surface area contributed by atoms with Crippen molar-refractivity contribution in [2.75, 3.05) is 53.9 Å². The normalized spacial score (nSPS) is 15.0. The Morgan fingerprint density at radius 2 is 1.94 bits per heavy atom. The Labute approximate surface area is 182 Å². The number of fused-ring (bicyclic) bond motifs is 1. The van der Waals surface area contributed by atoms with E-state index in [4.69, 9.17) is 9.15 Å². The molecule has 2 heterocycles. The van der Waals surface area contributed by atoms with Gasteiger partial charge < -0.3 is 19.0 Å². The molecule has 8 nitrogen and oxygen atoms in total. The van der Waals surface area contributed by atoms with Crippen LogP contribution in [0.25, 0.3) is 11.0 Å². The fourth-order valence-electron chi connectivity index (χ4n) is 3.89. The SMILES string of the molecule is COc1ccc2c(C)c(CCC(=O)N3CCCN(CC(=O)N(C)C)CC3)c(=O)oc2c1. The van der Waals surface area contributed by atoms with E-state index in [1.165, 1.54) is 0 Å². The van der Waals surface area contributed by atoms with Crippen LogP contribution in [0.15, 0.2) is 27.4 Å². The highest BCUT2D eigenvalue weighted by atomic mass is 16.5. The molecule has 0 atom stereocenters. The summed E-state index contributed by atoms with van der Waals surface area (Å²) in [7, 11) is 5.06. The minimum atomic E-state index is -0.407. The maximum absolute atomic E-state index is 12.8. The number of methoxy groups -OCH3 is 1. The number of rotatable bonds is 6. The lowest BCUT2D eigenvalue weighted by molar-refractivity contribution is -0.131. The average Bonchev–Trinajstić information content (AvgIpc) is 2.98. The van der Waals surface area contributed by atoms with Crippen molar-refractivity contribution in [1.82, 2.24) is 14.7 Å². The fourth-order valence-corrected chi connectivity index (χ4v) is 3.89. The summed E-state index contributed by atoms with van der Waals surface area (Å²) >= 11 is 0. The van der Waals surface area contributed by atoms with Crippen molar-refractivity contribution in [2.24, 2.45) is 0 Å². The van der Waals surface area contributed by atoms with Crippen LogP contribution in [0.5, 0.6) is 5.75 Å². The Morgan fingerprint density at radius 1 is 1.16 bits per heavy atom. The van der Waals surface area contributed by atoms with Gasteiger partial charge in [-0.15, -0.1) is 0 Å². The molecule has 1 aromatic carbocycles. The quantitative estimate of drug-likeness (QED) is 0.650. The van der Waals surface area contributed by atoms with Crippen molar-refractivity contribution < 1.29 is 18.7 Å². The zero-order valence-corrected chi connectivity index (χ0v) is 18.8. The fraction of sp³-hybridized carbons (Fsp3) is 0.522.